The van der Waals surface area contributed by atoms with Crippen LogP contribution < -0.4 is 0 Å². The van der Waals surface area contributed by atoms with E-state index in [1.807, 2.05) is 13.8 Å². The summed E-state index contributed by atoms with van der Waals surface area (Å²) < 4.78 is 41.8. The molecule has 1 aliphatic heterocycles. The van der Waals surface area contributed by atoms with Crippen LogP contribution in [0.15, 0.2) is 23.8 Å². The van der Waals surface area contributed by atoms with E-state index in [0.29, 0.717) is 18.4 Å². The molecule has 8 nitrogen and oxygen atoms in total. The van der Waals surface area contributed by atoms with Gasteiger partial charge >= 0.3 is 5.97 Å². The number of hydrogen-bond acceptors (Lipinski definition) is 8. The maximum atomic E-state index is 17.6. The number of aliphatic hydroxyl groups is 1. The molecule has 0 aromatic rings. The number of Topliss-reactive ketones (excluding diaryl/α,β-unsaturated/α-hetero) is 1. The van der Waals surface area contributed by atoms with E-state index in [1.54, 1.807) is 26.8 Å². The molecule has 9 heteroatoms. The van der Waals surface area contributed by atoms with Gasteiger partial charge in [-0.3, -0.25) is 14.4 Å². The van der Waals surface area contributed by atoms with Crippen LogP contribution >= 0.6 is 0 Å². The van der Waals surface area contributed by atoms with Crippen molar-refractivity contribution in [1.29, 1.82) is 0 Å². The molecule has 4 aliphatic carbocycles. The van der Waals surface area contributed by atoms with Crippen molar-refractivity contribution in [2.45, 2.75) is 103 Å². The molecular weight excluding hydrogens is 495 g/mol. The number of allylic oxidation sites excluding steroid dienone is 4. The molecule has 9 unspecified atom stereocenters. The lowest BCUT2D eigenvalue weighted by Gasteiger charge is -2.63. The van der Waals surface area contributed by atoms with Gasteiger partial charge in [-0.15, -0.1) is 0 Å². The summed E-state index contributed by atoms with van der Waals surface area (Å²) in [7, 11) is 0. The Balaban J connectivity index is 1.65. The first-order valence-electron chi connectivity index (χ1n) is 13.9. The Morgan fingerprint density at radius 3 is 2.61 bits per heavy atom. The first-order valence-corrected chi connectivity index (χ1v) is 13.9. The van der Waals surface area contributed by atoms with Crippen LogP contribution in [0.1, 0.15) is 73.1 Å². The first kappa shape index (κ1) is 27.6. The fraction of sp³-hybridized carbons (Fsp3) is 0.759. The summed E-state index contributed by atoms with van der Waals surface area (Å²) in [6.07, 6.45) is 3.38. The smallest absolute Gasteiger partial charge is 0.305 e. The third kappa shape index (κ3) is 3.37. The summed E-state index contributed by atoms with van der Waals surface area (Å²) in [5.74, 6) is -3.72. The molecule has 4 fully saturated rings. The van der Waals surface area contributed by atoms with Crippen molar-refractivity contribution in [1.82, 2.24) is 0 Å². The Labute approximate surface area is 222 Å². The summed E-state index contributed by atoms with van der Waals surface area (Å²) in [5.41, 5.74) is -5.33. The molecular formula is C29H39FO8. The van der Waals surface area contributed by atoms with Gasteiger partial charge < -0.3 is 24.1 Å². The average Bonchev–Trinajstić information content (AvgIpc) is 3.10. The topological polar surface area (TPSA) is 108 Å². The lowest BCUT2D eigenvalue weighted by Crippen LogP contribution is -2.73. The van der Waals surface area contributed by atoms with E-state index in [9.17, 15) is 19.5 Å². The van der Waals surface area contributed by atoms with Crippen molar-refractivity contribution < 1.29 is 42.8 Å². The molecule has 9 atom stereocenters. The van der Waals surface area contributed by atoms with Gasteiger partial charge in [-0.05, 0) is 57.6 Å². The standard InChI is InChI=1S/C29H39FO8/c1-6-24(34)37-23-14-20-19-10-9-17-13-18(31)11-12-25(17,4)28(19,30)21(32)15-26(20,5)29(23)22(33)16-36-27(7-2,38-29)35-8-3/h11-13,19-21,23,32H,6-10,14-16H2,1-5H3. The highest BCUT2D eigenvalue weighted by molar-refractivity contribution is 6.01. The second-order valence-corrected chi connectivity index (χ2v) is 11.9. The molecule has 1 N–H and O–H groups in total. The van der Waals surface area contributed by atoms with Crippen molar-refractivity contribution in [2.75, 3.05) is 13.2 Å². The van der Waals surface area contributed by atoms with Gasteiger partial charge in [-0.2, -0.15) is 0 Å². The molecule has 3 saturated carbocycles. The number of fused-ring (bicyclic) bond motifs is 6. The van der Waals surface area contributed by atoms with Crippen molar-refractivity contribution in [3.05, 3.63) is 23.8 Å². The highest BCUT2D eigenvalue weighted by Gasteiger charge is 2.79. The van der Waals surface area contributed by atoms with Gasteiger partial charge in [0.25, 0.3) is 5.97 Å². The lowest BCUT2D eigenvalue weighted by atomic mass is 9.44. The number of carbonyl (C=O) groups is 3. The molecule has 1 saturated heterocycles. The molecule has 210 valence electrons. The molecule has 0 radical (unpaired) electrons. The Bertz CT molecular complexity index is 1100. The fourth-order valence-electron chi connectivity index (χ4n) is 8.42. The van der Waals surface area contributed by atoms with Crippen LogP contribution in [-0.2, 0) is 33.3 Å². The zero-order valence-electron chi connectivity index (χ0n) is 22.9. The second-order valence-electron chi connectivity index (χ2n) is 11.9. The van der Waals surface area contributed by atoms with E-state index >= 15 is 4.39 Å². The molecule has 5 rings (SSSR count). The van der Waals surface area contributed by atoms with Crippen LogP contribution in [0.25, 0.3) is 0 Å². The number of esters is 1. The number of ketones is 2. The highest BCUT2D eigenvalue weighted by Crippen LogP contribution is 2.71. The minimum Gasteiger partial charge on any atom is -0.459 e. The van der Waals surface area contributed by atoms with E-state index < -0.39 is 63.9 Å². The molecule has 5 aliphatic rings. The molecule has 0 aromatic heterocycles. The average molecular weight is 535 g/mol. The number of rotatable bonds is 5. The lowest BCUT2D eigenvalue weighted by molar-refractivity contribution is -0.437. The number of halogens is 1. The minimum absolute atomic E-state index is 0.0901. The van der Waals surface area contributed by atoms with Crippen molar-refractivity contribution in [3.63, 3.8) is 0 Å². The maximum Gasteiger partial charge on any atom is 0.305 e. The SMILES string of the molecule is CCOC1(CC)OCC(=O)C2(O1)C(OC(=O)CC)CC1C3CCC4=CC(=O)C=CC4(C)C3(F)C(O)CC12C. The maximum absolute atomic E-state index is 17.6. The van der Waals surface area contributed by atoms with Crippen LogP contribution in [0.4, 0.5) is 4.39 Å². The summed E-state index contributed by atoms with van der Waals surface area (Å²) in [5, 5.41) is 11.7. The number of aliphatic hydroxyl groups excluding tert-OH is 1. The summed E-state index contributed by atoms with van der Waals surface area (Å²) >= 11 is 0. The van der Waals surface area contributed by atoms with E-state index in [1.165, 1.54) is 12.2 Å². The Hall–Kier alpha value is -1.94. The summed E-state index contributed by atoms with van der Waals surface area (Å²) in [4.78, 5) is 38.7. The van der Waals surface area contributed by atoms with Crippen molar-refractivity contribution in [3.8, 4) is 0 Å². The number of carbonyl (C=O) groups excluding carboxylic acids is 3. The molecule has 38 heavy (non-hydrogen) atoms. The molecule has 0 bridgehead atoms. The largest absolute Gasteiger partial charge is 0.459 e. The third-order valence-electron chi connectivity index (χ3n) is 10.3. The van der Waals surface area contributed by atoms with Crippen LogP contribution in [0.5, 0.6) is 0 Å². The van der Waals surface area contributed by atoms with Crippen LogP contribution in [0, 0.1) is 22.7 Å². The molecule has 1 spiro atoms. The predicted molar refractivity (Wildman–Crippen MR) is 133 cm³/mol. The minimum atomic E-state index is -2.08. The van der Waals surface area contributed by atoms with E-state index in [2.05, 4.69) is 0 Å². The number of alkyl halides is 1. The number of hydrogen-bond donors (Lipinski definition) is 1. The zero-order chi connectivity index (χ0) is 27.7. The van der Waals surface area contributed by atoms with Gasteiger partial charge in [-0.1, -0.05) is 32.4 Å². The fourth-order valence-corrected chi connectivity index (χ4v) is 8.42. The van der Waals surface area contributed by atoms with Crippen LogP contribution in [0.2, 0.25) is 0 Å². The second kappa shape index (κ2) is 9.04. The van der Waals surface area contributed by atoms with Gasteiger partial charge in [0.05, 0.1) is 6.10 Å². The summed E-state index contributed by atoms with van der Waals surface area (Å²) in [6.45, 7) is 8.82. The number of ether oxygens (including phenoxy) is 4. The van der Waals surface area contributed by atoms with Crippen molar-refractivity contribution in [2.24, 2.45) is 22.7 Å². The first-order chi connectivity index (χ1) is 17.9. The van der Waals surface area contributed by atoms with E-state index in [0.717, 1.165) is 0 Å². The van der Waals surface area contributed by atoms with Gasteiger partial charge in [0, 0.05) is 36.2 Å². The molecule has 1 heterocycles. The van der Waals surface area contributed by atoms with Crippen LogP contribution in [0.3, 0.4) is 0 Å². The van der Waals surface area contributed by atoms with Crippen molar-refractivity contribution >= 4 is 17.5 Å². The quantitative estimate of drug-likeness (QED) is 0.532. The highest BCUT2D eigenvalue weighted by atomic mass is 19.1. The third-order valence-corrected chi connectivity index (χ3v) is 10.3. The Morgan fingerprint density at radius 1 is 1.21 bits per heavy atom. The Kier molecular flexibility index (Phi) is 6.57. The van der Waals surface area contributed by atoms with Gasteiger partial charge in [0.1, 0.15) is 12.7 Å². The van der Waals surface area contributed by atoms with E-state index in [-0.39, 0.29) is 44.7 Å². The van der Waals surface area contributed by atoms with Gasteiger partial charge in [0.2, 0.25) is 0 Å². The monoisotopic (exact) mass is 534 g/mol. The molecule has 0 aromatic carbocycles. The van der Waals surface area contributed by atoms with Gasteiger partial charge in [-0.25, -0.2) is 4.39 Å². The summed E-state index contributed by atoms with van der Waals surface area (Å²) in [6, 6.07) is 0. The Morgan fingerprint density at radius 2 is 1.95 bits per heavy atom. The molecule has 0 amide bonds. The van der Waals surface area contributed by atoms with E-state index in [4.69, 9.17) is 18.9 Å². The zero-order valence-corrected chi connectivity index (χ0v) is 22.9. The normalized spacial score (nSPS) is 47.8. The van der Waals surface area contributed by atoms with Crippen LogP contribution in [-0.4, -0.2) is 65.3 Å². The predicted octanol–water partition coefficient (Wildman–Crippen LogP) is 3.74. The van der Waals surface area contributed by atoms with Gasteiger partial charge in [0.15, 0.2) is 22.8 Å².